The van der Waals surface area contributed by atoms with Crippen LogP contribution in [0.15, 0.2) is 0 Å². The molecular weight excluding hydrogens is 256 g/mol. The molecule has 19 heavy (non-hydrogen) atoms. The van der Waals surface area contributed by atoms with Gasteiger partial charge in [0.05, 0.1) is 5.92 Å². The quantitative estimate of drug-likeness (QED) is 0.787. The van der Waals surface area contributed by atoms with Crippen LogP contribution in [0, 0.1) is 17.8 Å². The van der Waals surface area contributed by atoms with Gasteiger partial charge in [0.25, 0.3) is 0 Å². The summed E-state index contributed by atoms with van der Waals surface area (Å²) in [5.74, 6) is 1.43. The van der Waals surface area contributed by atoms with Crippen molar-refractivity contribution in [2.45, 2.75) is 56.7 Å². The van der Waals surface area contributed by atoms with Gasteiger partial charge in [-0.3, -0.25) is 4.79 Å². The minimum atomic E-state index is 0.0759. The van der Waals surface area contributed by atoms with E-state index in [-0.39, 0.29) is 22.6 Å². The van der Waals surface area contributed by atoms with Gasteiger partial charge in [-0.25, -0.2) is 0 Å². The first-order valence-corrected chi connectivity index (χ1v) is 8.87. The van der Waals surface area contributed by atoms with E-state index in [9.17, 15) is 4.79 Å². The highest BCUT2D eigenvalue weighted by Crippen LogP contribution is 2.47. The summed E-state index contributed by atoms with van der Waals surface area (Å²) in [6.45, 7) is 5.19. The van der Waals surface area contributed by atoms with Crippen molar-refractivity contribution in [2.24, 2.45) is 23.5 Å². The van der Waals surface area contributed by atoms with Crippen LogP contribution < -0.4 is 11.1 Å². The van der Waals surface area contributed by atoms with E-state index in [0.29, 0.717) is 11.8 Å². The maximum Gasteiger partial charge on any atom is 0.225 e. The first-order chi connectivity index (χ1) is 9.06. The van der Waals surface area contributed by atoms with Crippen LogP contribution in [0.1, 0.15) is 46.0 Å². The Hall–Kier alpha value is -0.220. The van der Waals surface area contributed by atoms with Gasteiger partial charge in [0.1, 0.15) is 0 Å². The third-order valence-corrected chi connectivity index (χ3v) is 7.18. The molecule has 2 rings (SSSR count). The van der Waals surface area contributed by atoms with Crippen LogP contribution >= 0.6 is 11.8 Å². The zero-order valence-electron chi connectivity index (χ0n) is 12.4. The van der Waals surface area contributed by atoms with Gasteiger partial charge in [-0.2, -0.15) is 11.8 Å². The van der Waals surface area contributed by atoms with Gasteiger partial charge in [0, 0.05) is 17.3 Å². The number of carbonyl (C=O) groups excluding carboxylic acids is 1. The Bertz CT molecular complexity index is 320. The minimum absolute atomic E-state index is 0.0759. The fourth-order valence-corrected chi connectivity index (χ4v) is 4.75. The molecule has 2 fully saturated rings. The number of rotatable bonds is 6. The Morgan fingerprint density at radius 1 is 1.32 bits per heavy atom. The average molecular weight is 284 g/mol. The lowest BCUT2D eigenvalue weighted by Gasteiger charge is -2.32. The van der Waals surface area contributed by atoms with Crippen LogP contribution in [-0.4, -0.2) is 29.5 Å². The summed E-state index contributed by atoms with van der Waals surface area (Å²) in [4.78, 5) is 12.4. The highest BCUT2D eigenvalue weighted by Gasteiger charge is 2.49. The molecule has 0 aromatic rings. The molecule has 3 N–H and O–H groups in total. The second kappa shape index (κ2) is 6.04. The lowest BCUT2D eigenvalue weighted by molar-refractivity contribution is -0.127. The van der Waals surface area contributed by atoms with Crippen molar-refractivity contribution in [3.63, 3.8) is 0 Å². The van der Waals surface area contributed by atoms with Crippen LogP contribution in [0.2, 0.25) is 0 Å². The number of carbonyl (C=O) groups is 1. The SMILES string of the molecule is CCC(CC)(CNC(=O)C1C2CCC(C2)C1N)SC. The first kappa shape index (κ1) is 15.2. The van der Waals surface area contributed by atoms with Crippen LogP contribution in [0.3, 0.4) is 0 Å². The fraction of sp³-hybridized carbons (Fsp3) is 0.933. The second-order valence-electron chi connectivity index (χ2n) is 6.25. The summed E-state index contributed by atoms with van der Waals surface area (Å²) in [6, 6.07) is 0.102. The van der Waals surface area contributed by atoms with E-state index >= 15 is 0 Å². The van der Waals surface area contributed by atoms with E-state index in [1.807, 2.05) is 11.8 Å². The normalized spacial score (nSPS) is 33.7. The van der Waals surface area contributed by atoms with Gasteiger partial charge >= 0.3 is 0 Å². The van der Waals surface area contributed by atoms with E-state index in [4.69, 9.17) is 5.73 Å². The molecule has 2 aliphatic rings. The lowest BCUT2D eigenvalue weighted by atomic mass is 9.84. The van der Waals surface area contributed by atoms with Crippen LogP contribution in [0.25, 0.3) is 0 Å². The summed E-state index contributed by atoms with van der Waals surface area (Å²) in [6.07, 6.45) is 7.93. The molecule has 0 saturated heterocycles. The van der Waals surface area contributed by atoms with Gasteiger partial charge in [-0.05, 0) is 50.2 Å². The third-order valence-electron chi connectivity index (χ3n) is 5.59. The lowest BCUT2D eigenvalue weighted by Crippen LogP contribution is -2.48. The topological polar surface area (TPSA) is 55.1 Å². The van der Waals surface area contributed by atoms with E-state index in [1.165, 1.54) is 19.3 Å². The molecule has 0 heterocycles. The maximum absolute atomic E-state index is 12.4. The summed E-state index contributed by atoms with van der Waals surface area (Å²) in [5.41, 5.74) is 6.24. The molecule has 2 bridgehead atoms. The smallest absolute Gasteiger partial charge is 0.225 e. The summed E-state index contributed by atoms with van der Waals surface area (Å²) >= 11 is 1.87. The second-order valence-corrected chi connectivity index (χ2v) is 7.52. The average Bonchev–Trinajstić information content (AvgIpc) is 3.01. The van der Waals surface area contributed by atoms with Gasteiger partial charge in [0.2, 0.25) is 5.91 Å². The number of hydrogen-bond donors (Lipinski definition) is 2. The maximum atomic E-state index is 12.4. The molecule has 0 aromatic carbocycles. The van der Waals surface area contributed by atoms with Crippen molar-refractivity contribution in [3.05, 3.63) is 0 Å². The monoisotopic (exact) mass is 284 g/mol. The van der Waals surface area contributed by atoms with E-state index in [1.54, 1.807) is 0 Å². The first-order valence-electron chi connectivity index (χ1n) is 7.65. The molecule has 4 unspecified atom stereocenters. The molecule has 4 atom stereocenters. The van der Waals surface area contributed by atoms with E-state index in [2.05, 4.69) is 25.4 Å². The van der Waals surface area contributed by atoms with Crippen LogP contribution in [0.5, 0.6) is 0 Å². The number of nitrogens with one attached hydrogen (secondary N) is 1. The van der Waals surface area contributed by atoms with Gasteiger partial charge in [-0.15, -0.1) is 0 Å². The van der Waals surface area contributed by atoms with Crippen LogP contribution in [-0.2, 0) is 4.79 Å². The van der Waals surface area contributed by atoms with E-state index in [0.717, 1.165) is 19.4 Å². The molecular formula is C15H28N2OS. The van der Waals surface area contributed by atoms with E-state index < -0.39 is 0 Å². The molecule has 110 valence electrons. The summed E-state index contributed by atoms with van der Waals surface area (Å²) < 4.78 is 0.192. The Morgan fingerprint density at radius 2 is 1.95 bits per heavy atom. The molecule has 0 radical (unpaired) electrons. The third kappa shape index (κ3) is 2.80. The van der Waals surface area contributed by atoms with Crippen LogP contribution in [0.4, 0.5) is 0 Å². The zero-order valence-corrected chi connectivity index (χ0v) is 13.3. The Morgan fingerprint density at radius 3 is 2.42 bits per heavy atom. The minimum Gasteiger partial charge on any atom is -0.354 e. The Kier molecular flexibility index (Phi) is 4.83. The van der Waals surface area contributed by atoms with Crippen molar-refractivity contribution in [2.75, 3.05) is 12.8 Å². The Labute approximate surface area is 121 Å². The number of thioether (sulfide) groups is 1. The zero-order chi connectivity index (χ0) is 14.0. The molecule has 0 aliphatic heterocycles. The summed E-state index contributed by atoms with van der Waals surface area (Å²) in [7, 11) is 0. The molecule has 3 nitrogen and oxygen atoms in total. The Balaban J connectivity index is 1.91. The van der Waals surface area contributed by atoms with Gasteiger partial charge in [0.15, 0.2) is 0 Å². The van der Waals surface area contributed by atoms with Crippen molar-refractivity contribution in [1.82, 2.24) is 5.32 Å². The number of fused-ring (bicyclic) bond motifs is 2. The molecule has 0 aromatic heterocycles. The highest BCUT2D eigenvalue weighted by molar-refractivity contribution is 8.00. The van der Waals surface area contributed by atoms with Crippen molar-refractivity contribution in [1.29, 1.82) is 0 Å². The molecule has 2 saturated carbocycles. The standard InChI is InChI=1S/C15H28N2OS/c1-4-15(5-2,19-3)9-17-14(18)12-10-6-7-11(8-10)13(12)16/h10-13H,4-9,16H2,1-3H3,(H,17,18). The molecule has 1 amide bonds. The predicted octanol–water partition coefficient (Wildman–Crippen LogP) is 2.40. The largest absolute Gasteiger partial charge is 0.354 e. The molecule has 0 spiro atoms. The fourth-order valence-electron chi connectivity index (χ4n) is 3.95. The van der Waals surface area contributed by atoms with Gasteiger partial charge < -0.3 is 11.1 Å². The van der Waals surface area contributed by atoms with Crippen molar-refractivity contribution >= 4 is 17.7 Å². The highest BCUT2D eigenvalue weighted by atomic mass is 32.2. The number of nitrogens with two attached hydrogens (primary N) is 1. The molecule has 4 heteroatoms. The van der Waals surface area contributed by atoms with Crippen molar-refractivity contribution < 1.29 is 4.79 Å². The number of hydrogen-bond acceptors (Lipinski definition) is 3. The van der Waals surface area contributed by atoms with Crippen molar-refractivity contribution in [3.8, 4) is 0 Å². The number of amides is 1. The summed E-state index contributed by atoms with van der Waals surface area (Å²) in [5, 5.41) is 3.19. The molecule has 2 aliphatic carbocycles. The van der Waals surface area contributed by atoms with Gasteiger partial charge in [-0.1, -0.05) is 13.8 Å². The predicted molar refractivity (Wildman–Crippen MR) is 82.1 cm³/mol.